The van der Waals surface area contributed by atoms with Gasteiger partial charge in [0, 0.05) is 17.8 Å². The Morgan fingerprint density at radius 2 is 2.16 bits per heavy atom. The van der Waals surface area contributed by atoms with Crippen LogP contribution in [-0.4, -0.2) is 49.0 Å². The largest absolute Gasteiger partial charge is 0.391 e. The Kier molecular flexibility index (Phi) is 4.38. The van der Waals surface area contributed by atoms with Gasteiger partial charge < -0.3 is 15.4 Å². The van der Waals surface area contributed by atoms with Crippen LogP contribution in [0.25, 0.3) is 11.2 Å². The third kappa shape index (κ3) is 4.15. The molecule has 1 atom stereocenters. The Hall–Kier alpha value is -1.18. The van der Waals surface area contributed by atoms with Gasteiger partial charge in [0.05, 0.1) is 12.4 Å². The van der Waals surface area contributed by atoms with Gasteiger partial charge in [-0.15, -0.1) is 11.8 Å². The topological polar surface area (TPSA) is 86.7 Å². The summed E-state index contributed by atoms with van der Waals surface area (Å²) in [7, 11) is 0. The van der Waals surface area contributed by atoms with E-state index in [0.29, 0.717) is 17.9 Å². The number of hydrogen-bond donors (Lipinski definition) is 3. The lowest BCUT2D eigenvalue weighted by Crippen LogP contribution is -2.41. The van der Waals surface area contributed by atoms with Gasteiger partial charge in [-0.05, 0) is 20.8 Å². The van der Waals surface area contributed by atoms with E-state index < -0.39 is 6.10 Å². The molecule has 19 heavy (non-hydrogen) atoms. The number of aromatic amines is 1. The predicted molar refractivity (Wildman–Crippen MR) is 76.2 cm³/mol. The highest BCUT2D eigenvalue weighted by Crippen LogP contribution is 2.22. The molecule has 1 unspecified atom stereocenters. The normalized spacial score (nSPS) is 13.9. The number of nitrogens with one attached hydrogen (secondary N) is 2. The Balaban J connectivity index is 1.90. The number of aromatic nitrogens is 4. The van der Waals surface area contributed by atoms with E-state index in [-0.39, 0.29) is 5.54 Å². The van der Waals surface area contributed by atoms with E-state index in [1.165, 1.54) is 18.1 Å². The number of imidazole rings is 1. The SMILES string of the molecule is CC(C)(C)NCC(O)CSc1ncnc2nc[nH]c12. The molecule has 0 amide bonds. The van der Waals surface area contributed by atoms with Crippen LogP contribution in [0.2, 0.25) is 0 Å². The smallest absolute Gasteiger partial charge is 0.181 e. The minimum atomic E-state index is -0.419. The highest BCUT2D eigenvalue weighted by Gasteiger charge is 2.14. The van der Waals surface area contributed by atoms with Crippen LogP contribution >= 0.6 is 11.8 Å². The summed E-state index contributed by atoms with van der Waals surface area (Å²) in [6, 6.07) is 0. The van der Waals surface area contributed by atoms with Gasteiger partial charge in [-0.25, -0.2) is 15.0 Å². The van der Waals surface area contributed by atoms with Crippen LogP contribution < -0.4 is 5.32 Å². The first-order valence-electron chi connectivity index (χ1n) is 6.16. The van der Waals surface area contributed by atoms with E-state index in [2.05, 4.69) is 46.0 Å². The highest BCUT2D eigenvalue weighted by atomic mass is 32.2. The first-order chi connectivity index (χ1) is 8.96. The number of β-amino-alcohol motifs (C(OH)–C–C–N with tert-alkyl or cyclic N) is 1. The summed E-state index contributed by atoms with van der Waals surface area (Å²) in [5, 5.41) is 14.0. The summed E-state index contributed by atoms with van der Waals surface area (Å²) in [5.74, 6) is 0.578. The van der Waals surface area contributed by atoms with Crippen molar-refractivity contribution in [3.63, 3.8) is 0 Å². The quantitative estimate of drug-likeness (QED) is 0.564. The second kappa shape index (κ2) is 5.85. The lowest BCUT2D eigenvalue weighted by molar-refractivity contribution is 0.183. The number of hydrogen-bond acceptors (Lipinski definition) is 6. The van der Waals surface area contributed by atoms with Crippen LogP contribution in [0.15, 0.2) is 17.7 Å². The fourth-order valence-corrected chi connectivity index (χ4v) is 2.39. The molecule has 0 saturated carbocycles. The summed E-state index contributed by atoms with van der Waals surface area (Å²) >= 11 is 1.50. The molecule has 0 aliphatic rings. The van der Waals surface area contributed by atoms with Gasteiger partial charge in [-0.1, -0.05) is 0 Å². The van der Waals surface area contributed by atoms with Crippen molar-refractivity contribution in [3.05, 3.63) is 12.7 Å². The van der Waals surface area contributed by atoms with Crippen molar-refractivity contribution in [2.45, 2.75) is 37.4 Å². The van der Waals surface area contributed by atoms with Crippen LogP contribution in [0.5, 0.6) is 0 Å². The highest BCUT2D eigenvalue weighted by molar-refractivity contribution is 7.99. The maximum atomic E-state index is 9.94. The number of aliphatic hydroxyl groups is 1. The first kappa shape index (κ1) is 14.2. The Bertz CT molecular complexity index is 536. The van der Waals surface area contributed by atoms with E-state index in [0.717, 1.165) is 10.5 Å². The van der Waals surface area contributed by atoms with E-state index in [1.807, 2.05) is 0 Å². The summed E-state index contributed by atoms with van der Waals surface area (Å²) < 4.78 is 0. The number of fused-ring (bicyclic) bond motifs is 1. The number of rotatable bonds is 5. The van der Waals surface area contributed by atoms with Crippen molar-refractivity contribution in [2.75, 3.05) is 12.3 Å². The van der Waals surface area contributed by atoms with E-state index in [1.54, 1.807) is 6.33 Å². The minimum Gasteiger partial charge on any atom is -0.391 e. The lowest BCUT2D eigenvalue weighted by atomic mass is 10.1. The zero-order chi connectivity index (χ0) is 13.9. The van der Waals surface area contributed by atoms with E-state index >= 15 is 0 Å². The van der Waals surface area contributed by atoms with Gasteiger partial charge in [-0.2, -0.15) is 0 Å². The Morgan fingerprint density at radius 1 is 1.37 bits per heavy atom. The second-order valence-electron chi connectivity index (χ2n) is 5.38. The molecule has 0 bridgehead atoms. The molecular weight excluding hydrogens is 262 g/mol. The minimum absolute atomic E-state index is 0.0111. The molecule has 0 radical (unpaired) electrons. The summed E-state index contributed by atoms with van der Waals surface area (Å²) in [6.07, 6.45) is 2.67. The molecule has 0 spiro atoms. The monoisotopic (exact) mass is 281 g/mol. The molecule has 2 aromatic heterocycles. The molecule has 0 saturated heterocycles. The molecule has 3 N–H and O–H groups in total. The van der Waals surface area contributed by atoms with Crippen molar-refractivity contribution in [1.82, 2.24) is 25.3 Å². The molecular formula is C12H19N5OS. The van der Waals surface area contributed by atoms with Crippen molar-refractivity contribution in [3.8, 4) is 0 Å². The third-order valence-corrected chi connectivity index (χ3v) is 3.60. The van der Waals surface area contributed by atoms with Gasteiger partial charge in [0.1, 0.15) is 16.9 Å². The first-order valence-corrected chi connectivity index (χ1v) is 7.14. The van der Waals surface area contributed by atoms with Crippen LogP contribution in [0.3, 0.4) is 0 Å². The maximum Gasteiger partial charge on any atom is 0.181 e. The fourth-order valence-electron chi connectivity index (χ4n) is 1.51. The fraction of sp³-hybridized carbons (Fsp3) is 0.583. The summed E-state index contributed by atoms with van der Waals surface area (Å²) in [5.41, 5.74) is 1.49. The second-order valence-corrected chi connectivity index (χ2v) is 6.38. The summed E-state index contributed by atoms with van der Waals surface area (Å²) in [4.78, 5) is 15.4. The van der Waals surface area contributed by atoms with E-state index in [9.17, 15) is 5.11 Å². The number of H-pyrrole nitrogens is 1. The Morgan fingerprint density at radius 3 is 2.89 bits per heavy atom. The maximum absolute atomic E-state index is 9.94. The van der Waals surface area contributed by atoms with Crippen LogP contribution in [-0.2, 0) is 0 Å². The number of nitrogens with zero attached hydrogens (tertiary/aromatic N) is 3. The molecule has 104 valence electrons. The Labute approximate surface area is 116 Å². The van der Waals surface area contributed by atoms with Crippen molar-refractivity contribution in [2.24, 2.45) is 0 Å². The molecule has 0 aliphatic carbocycles. The molecule has 7 heteroatoms. The molecule has 6 nitrogen and oxygen atoms in total. The van der Waals surface area contributed by atoms with Crippen LogP contribution in [0.1, 0.15) is 20.8 Å². The number of aliphatic hydroxyl groups excluding tert-OH is 1. The van der Waals surface area contributed by atoms with Gasteiger partial charge >= 0.3 is 0 Å². The molecule has 2 aromatic rings. The average Bonchev–Trinajstić information content (AvgIpc) is 2.81. The van der Waals surface area contributed by atoms with Gasteiger partial charge in [0.2, 0.25) is 0 Å². The number of thioether (sulfide) groups is 1. The predicted octanol–water partition coefficient (Wildman–Crippen LogP) is 1.19. The van der Waals surface area contributed by atoms with Crippen molar-refractivity contribution >= 4 is 22.9 Å². The molecule has 2 rings (SSSR count). The molecule has 0 fully saturated rings. The lowest BCUT2D eigenvalue weighted by Gasteiger charge is -2.22. The van der Waals surface area contributed by atoms with E-state index in [4.69, 9.17) is 0 Å². The van der Waals surface area contributed by atoms with Crippen LogP contribution in [0, 0.1) is 0 Å². The van der Waals surface area contributed by atoms with Crippen molar-refractivity contribution in [1.29, 1.82) is 0 Å². The molecule has 0 aliphatic heterocycles. The van der Waals surface area contributed by atoms with Gasteiger partial charge in [-0.3, -0.25) is 0 Å². The molecule has 2 heterocycles. The van der Waals surface area contributed by atoms with Crippen molar-refractivity contribution < 1.29 is 5.11 Å². The van der Waals surface area contributed by atoms with Gasteiger partial charge in [0.25, 0.3) is 0 Å². The zero-order valence-electron chi connectivity index (χ0n) is 11.3. The zero-order valence-corrected chi connectivity index (χ0v) is 12.2. The molecule has 0 aromatic carbocycles. The van der Waals surface area contributed by atoms with Gasteiger partial charge in [0.15, 0.2) is 5.65 Å². The summed E-state index contributed by atoms with van der Waals surface area (Å²) in [6.45, 7) is 6.79. The third-order valence-electron chi connectivity index (χ3n) is 2.47. The van der Waals surface area contributed by atoms with Crippen LogP contribution in [0.4, 0.5) is 0 Å². The average molecular weight is 281 g/mol. The standard InChI is InChI=1S/C12H19N5OS/c1-12(2,3)17-4-8(18)5-19-11-9-10(14-6-13-9)15-7-16-11/h6-8,17-18H,4-5H2,1-3H3,(H,13,14,15,16).